The highest BCUT2D eigenvalue weighted by Crippen LogP contribution is 2.37. The summed E-state index contributed by atoms with van der Waals surface area (Å²) in [6.07, 6.45) is -4.55. The van der Waals surface area contributed by atoms with Crippen molar-refractivity contribution in [3.05, 3.63) is 53.6 Å². The summed E-state index contributed by atoms with van der Waals surface area (Å²) in [6.45, 7) is 0. The van der Waals surface area contributed by atoms with Gasteiger partial charge in [-0.15, -0.1) is 0 Å². The minimum absolute atomic E-state index is 0.0326. The predicted octanol–water partition coefficient (Wildman–Crippen LogP) is 4.08. The highest BCUT2D eigenvalue weighted by molar-refractivity contribution is 5.97. The maximum atomic E-state index is 12.8. The van der Waals surface area contributed by atoms with E-state index in [9.17, 15) is 18.0 Å². The Morgan fingerprint density at radius 1 is 1.10 bits per heavy atom. The molecule has 0 saturated heterocycles. The van der Waals surface area contributed by atoms with Gasteiger partial charge in [-0.05, 0) is 24.3 Å². The molecule has 0 spiro atoms. The molecule has 0 aromatic heterocycles. The molecule has 1 N–H and O–H groups in total. The maximum absolute atomic E-state index is 12.8. The van der Waals surface area contributed by atoms with Crippen molar-refractivity contribution in [2.24, 2.45) is 0 Å². The minimum atomic E-state index is -4.55. The molecule has 0 heterocycles. The lowest BCUT2D eigenvalue weighted by molar-refractivity contribution is -0.137. The summed E-state index contributed by atoms with van der Waals surface area (Å²) < 4.78 is 43.5. The van der Waals surface area contributed by atoms with Gasteiger partial charge in [0.15, 0.2) is 0 Å². The topological polar surface area (TPSA) is 46.5 Å². The second-order valence-electron chi connectivity index (χ2n) is 4.26. The molecule has 6 heteroatoms. The molecule has 0 aliphatic rings. The van der Waals surface area contributed by atoms with E-state index in [1.807, 2.05) is 0 Å². The molecule has 21 heavy (non-hydrogen) atoms. The van der Waals surface area contributed by atoms with Gasteiger partial charge in [0.05, 0.1) is 18.2 Å². The number of ether oxygens (including phenoxy) is 1. The van der Waals surface area contributed by atoms with Crippen molar-refractivity contribution >= 4 is 5.97 Å². The fourth-order valence-electron chi connectivity index (χ4n) is 2.00. The summed E-state index contributed by atoms with van der Waals surface area (Å²) in [6, 6.07) is 8.85. The molecule has 0 saturated carbocycles. The first-order valence-electron chi connectivity index (χ1n) is 5.92. The number of rotatable bonds is 3. The van der Waals surface area contributed by atoms with E-state index in [0.717, 1.165) is 18.2 Å². The van der Waals surface area contributed by atoms with Gasteiger partial charge >= 0.3 is 12.1 Å². The van der Waals surface area contributed by atoms with Gasteiger partial charge in [-0.25, -0.2) is 4.79 Å². The molecule has 0 unspecified atom stereocenters. The van der Waals surface area contributed by atoms with E-state index in [4.69, 9.17) is 9.84 Å². The highest BCUT2D eigenvalue weighted by atomic mass is 19.4. The maximum Gasteiger partial charge on any atom is 0.416 e. The Morgan fingerprint density at radius 2 is 1.76 bits per heavy atom. The zero-order valence-electron chi connectivity index (χ0n) is 10.9. The standard InChI is InChI=1S/C15H11F3O3/c1-21-13-5-3-2-4-10(13)12-8-9(15(16,17)18)6-7-11(12)14(19)20/h2-8H,1H3,(H,19,20). The second-order valence-corrected chi connectivity index (χ2v) is 4.26. The average molecular weight is 296 g/mol. The zero-order chi connectivity index (χ0) is 15.6. The molecule has 0 bridgehead atoms. The zero-order valence-corrected chi connectivity index (χ0v) is 10.9. The van der Waals surface area contributed by atoms with Crippen molar-refractivity contribution in [1.29, 1.82) is 0 Å². The monoisotopic (exact) mass is 296 g/mol. The van der Waals surface area contributed by atoms with Crippen LogP contribution in [-0.4, -0.2) is 18.2 Å². The molecule has 0 aliphatic heterocycles. The number of alkyl halides is 3. The molecule has 3 nitrogen and oxygen atoms in total. The number of methoxy groups -OCH3 is 1. The van der Waals surface area contributed by atoms with E-state index in [0.29, 0.717) is 11.3 Å². The van der Waals surface area contributed by atoms with Gasteiger partial charge in [0, 0.05) is 11.1 Å². The third kappa shape index (κ3) is 2.99. The van der Waals surface area contributed by atoms with Gasteiger partial charge < -0.3 is 9.84 Å². The fraction of sp³-hybridized carbons (Fsp3) is 0.133. The van der Waals surface area contributed by atoms with Gasteiger partial charge in [0.25, 0.3) is 0 Å². The van der Waals surface area contributed by atoms with Crippen LogP contribution >= 0.6 is 0 Å². The van der Waals surface area contributed by atoms with Crippen LogP contribution in [0, 0.1) is 0 Å². The first kappa shape index (κ1) is 14.9. The summed E-state index contributed by atoms with van der Waals surface area (Å²) in [5.41, 5.74) is -0.862. The number of para-hydroxylation sites is 1. The summed E-state index contributed by atoms with van der Waals surface area (Å²) in [5.74, 6) is -0.996. The van der Waals surface area contributed by atoms with Crippen LogP contribution < -0.4 is 4.74 Å². The number of hydrogen-bond donors (Lipinski definition) is 1. The van der Waals surface area contributed by atoms with Crippen LogP contribution in [0.4, 0.5) is 13.2 Å². The van der Waals surface area contributed by atoms with Gasteiger partial charge in [-0.1, -0.05) is 18.2 Å². The minimum Gasteiger partial charge on any atom is -0.496 e. The van der Waals surface area contributed by atoms with Crippen molar-refractivity contribution in [3.63, 3.8) is 0 Å². The third-order valence-electron chi connectivity index (χ3n) is 2.97. The normalized spacial score (nSPS) is 11.2. The molecule has 0 amide bonds. The molecule has 2 aromatic rings. The Bertz CT molecular complexity index is 678. The molecule has 0 fully saturated rings. The largest absolute Gasteiger partial charge is 0.496 e. The Hall–Kier alpha value is -2.50. The number of aromatic carboxylic acids is 1. The van der Waals surface area contributed by atoms with Crippen molar-refractivity contribution in [1.82, 2.24) is 0 Å². The number of carbonyl (C=O) groups is 1. The molecule has 0 aliphatic carbocycles. The van der Waals surface area contributed by atoms with E-state index in [-0.39, 0.29) is 11.1 Å². The summed E-state index contributed by atoms with van der Waals surface area (Å²) in [7, 11) is 1.37. The van der Waals surface area contributed by atoms with Gasteiger partial charge in [-0.2, -0.15) is 13.2 Å². The number of carboxylic acids is 1. The van der Waals surface area contributed by atoms with Crippen LogP contribution in [-0.2, 0) is 6.18 Å². The van der Waals surface area contributed by atoms with Crippen molar-refractivity contribution < 1.29 is 27.8 Å². The van der Waals surface area contributed by atoms with E-state index in [1.165, 1.54) is 13.2 Å². The Morgan fingerprint density at radius 3 is 2.33 bits per heavy atom. The lowest BCUT2D eigenvalue weighted by Crippen LogP contribution is -2.08. The number of halogens is 3. The molecule has 2 rings (SSSR count). The third-order valence-corrected chi connectivity index (χ3v) is 2.97. The SMILES string of the molecule is COc1ccccc1-c1cc(C(F)(F)F)ccc1C(=O)O. The van der Waals surface area contributed by atoms with Crippen LogP contribution in [0.15, 0.2) is 42.5 Å². The van der Waals surface area contributed by atoms with Gasteiger partial charge in [-0.3, -0.25) is 0 Å². The fourth-order valence-corrected chi connectivity index (χ4v) is 2.00. The molecular formula is C15H11F3O3. The summed E-state index contributed by atoms with van der Waals surface area (Å²) in [4.78, 5) is 11.2. The van der Waals surface area contributed by atoms with Crippen LogP contribution in [0.1, 0.15) is 15.9 Å². The Kier molecular flexibility index (Phi) is 3.88. The van der Waals surface area contributed by atoms with E-state index < -0.39 is 17.7 Å². The van der Waals surface area contributed by atoms with Crippen molar-refractivity contribution in [3.8, 4) is 16.9 Å². The van der Waals surface area contributed by atoms with Crippen molar-refractivity contribution in [2.45, 2.75) is 6.18 Å². The molecular weight excluding hydrogens is 285 g/mol. The molecule has 0 radical (unpaired) electrons. The Labute approximate surface area is 118 Å². The first-order chi connectivity index (χ1) is 9.84. The predicted molar refractivity (Wildman–Crippen MR) is 70.4 cm³/mol. The quantitative estimate of drug-likeness (QED) is 0.928. The average Bonchev–Trinajstić information content (AvgIpc) is 2.45. The van der Waals surface area contributed by atoms with E-state index >= 15 is 0 Å². The highest BCUT2D eigenvalue weighted by Gasteiger charge is 2.32. The smallest absolute Gasteiger partial charge is 0.416 e. The van der Waals surface area contributed by atoms with Crippen LogP contribution in [0.25, 0.3) is 11.1 Å². The number of hydrogen-bond acceptors (Lipinski definition) is 2. The van der Waals surface area contributed by atoms with Gasteiger partial charge in [0.2, 0.25) is 0 Å². The van der Waals surface area contributed by atoms with Crippen molar-refractivity contribution in [2.75, 3.05) is 7.11 Å². The van der Waals surface area contributed by atoms with Crippen LogP contribution in [0.2, 0.25) is 0 Å². The van der Waals surface area contributed by atoms with Crippen LogP contribution in [0.3, 0.4) is 0 Å². The van der Waals surface area contributed by atoms with Gasteiger partial charge in [0.1, 0.15) is 5.75 Å². The molecule has 2 aromatic carbocycles. The second kappa shape index (κ2) is 5.47. The van der Waals surface area contributed by atoms with E-state index in [1.54, 1.807) is 18.2 Å². The molecule has 0 atom stereocenters. The summed E-state index contributed by atoms with van der Waals surface area (Å²) in [5, 5.41) is 9.16. The molecule has 110 valence electrons. The Balaban J connectivity index is 2.72. The lowest BCUT2D eigenvalue weighted by Gasteiger charge is -2.14. The number of carboxylic acid groups (broad SMARTS) is 1. The van der Waals surface area contributed by atoms with Crippen LogP contribution in [0.5, 0.6) is 5.75 Å². The lowest BCUT2D eigenvalue weighted by atomic mass is 9.96. The first-order valence-corrected chi connectivity index (χ1v) is 5.92. The number of benzene rings is 2. The summed E-state index contributed by atoms with van der Waals surface area (Å²) >= 11 is 0. The van der Waals surface area contributed by atoms with E-state index in [2.05, 4.69) is 0 Å².